The Balaban J connectivity index is 0. The van der Waals surface area contributed by atoms with Crippen LogP contribution in [0.1, 0.15) is 6.42 Å². The van der Waals surface area contributed by atoms with Gasteiger partial charge in [-0.2, -0.15) is 18.4 Å². The highest BCUT2D eigenvalue weighted by molar-refractivity contribution is 5.85. The van der Waals surface area contributed by atoms with E-state index in [1.165, 1.54) is 4.90 Å². The number of nitriles is 1. The van der Waals surface area contributed by atoms with Gasteiger partial charge in [0.15, 0.2) is 0 Å². The lowest BCUT2D eigenvalue weighted by atomic mass is 10.1. The van der Waals surface area contributed by atoms with E-state index in [-0.39, 0.29) is 24.8 Å². The molecular weight excluding hydrogens is 266 g/mol. The van der Waals surface area contributed by atoms with Gasteiger partial charge in [0, 0.05) is 26.2 Å². The SMILES string of the molecule is Cl.Cl.N#CC[C@H](N1CCNCC1)C(F)(F)F. The van der Waals surface area contributed by atoms with Crippen molar-refractivity contribution in [3.8, 4) is 6.07 Å². The van der Waals surface area contributed by atoms with Crippen LogP contribution in [0.25, 0.3) is 0 Å². The Bertz CT molecular complexity index is 224. The van der Waals surface area contributed by atoms with E-state index < -0.39 is 18.6 Å². The molecule has 0 radical (unpaired) electrons. The molecule has 1 atom stereocenters. The minimum Gasteiger partial charge on any atom is -0.314 e. The van der Waals surface area contributed by atoms with Gasteiger partial charge in [0.05, 0.1) is 12.5 Å². The van der Waals surface area contributed by atoms with E-state index in [1.807, 2.05) is 0 Å². The quantitative estimate of drug-likeness (QED) is 0.834. The summed E-state index contributed by atoms with van der Waals surface area (Å²) in [7, 11) is 0. The molecule has 1 N–H and O–H groups in total. The second-order valence-corrected chi connectivity index (χ2v) is 3.21. The molecule has 1 saturated heterocycles. The van der Waals surface area contributed by atoms with Crippen molar-refractivity contribution in [3.63, 3.8) is 0 Å². The van der Waals surface area contributed by atoms with E-state index in [9.17, 15) is 13.2 Å². The Morgan fingerprint density at radius 2 is 1.75 bits per heavy atom. The minimum absolute atomic E-state index is 0. The lowest BCUT2D eigenvalue weighted by Crippen LogP contribution is -2.53. The van der Waals surface area contributed by atoms with Crippen LogP contribution in [0.4, 0.5) is 13.2 Å². The number of piperazine rings is 1. The first kappa shape index (κ1) is 18.2. The molecule has 0 spiro atoms. The summed E-state index contributed by atoms with van der Waals surface area (Å²) in [5.41, 5.74) is 0. The van der Waals surface area contributed by atoms with Gasteiger partial charge in [0.2, 0.25) is 0 Å². The number of hydrogen-bond acceptors (Lipinski definition) is 3. The van der Waals surface area contributed by atoms with E-state index in [0.29, 0.717) is 26.2 Å². The number of nitrogens with zero attached hydrogens (tertiary/aromatic N) is 2. The smallest absolute Gasteiger partial charge is 0.314 e. The highest BCUT2D eigenvalue weighted by atomic mass is 35.5. The third kappa shape index (κ3) is 5.21. The van der Waals surface area contributed by atoms with E-state index >= 15 is 0 Å². The number of hydrogen-bond donors (Lipinski definition) is 1. The van der Waals surface area contributed by atoms with Crippen LogP contribution < -0.4 is 5.32 Å². The van der Waals surface area contributed by atoms with Crippen LogP contribution in [-0.2, 0) is 0 Å². The van der Waals surface area contributed by atoms with E-state index in [2.05, 4.69) is 5.32 Å². The highest BCUT2D eigenvalue weighted by Gasteiger charge is 2.43. The van der Waals surface area contributed by atoms with Crippen LogP contribution in [0.15, 0.2) is 0 Å². The summed E-state index contributed by atoms with van der Waals surface area (Å²) in [6.07, 6.45) is -4.78. The number of halogens is 5. The predicted molar refractivity (Wildman–Crippen MR) is 59.0 cm³/mol. The van der Waals surface area contributed by atoms with Gasteiger partial charge in [-0.25, -0.2) is 0 Å². The molecule has 1 aliphatic heterocycles. The predicted octanol–water partition coefficient (Wildman–Crippen LogP) is 1.58. The number of alkyl halides is 3. The van der Waals surface area contributed by atoms with Gasteiger partial charge in [0.1, 0.15) is 6.04 Å². The summed E-state index contributed by atoms with van der Waals surface area (Å²) in [6, 6.07) is -0.0127. The fourth-order valence-electron chi connectivity index (χ4n) is 1.53. The van der Waals surface area contributed by atoms with Crippen LogP contribution in [0.5, 0.6) is 0 Å². The summed E-state index contributed by atoms with van der Waals surface area (Å²) in [6.45, 7) is 1.81. The molecule has 0 aliphatic carbocycles. The van der Waals surface area contributed by atoms with Crippen molar-refractivity contribution in [2.24, 2.45) is 0 Å². The fourth-order valence-corrected chi connectivity index (χ4v) is 1.53. The van der Waals surface area contributed by atoms with Crippen LogP contribution in [-0.4, -0.2) is 43.3 Å². The molecule has 0 aromatic carbocycles. The standard InChI is InChI=1S/C8H12F3N3.2ClH/c9-8(10,11)7(1-2-12)14-5-3-13-4-6-14;;/h7,13H,1,3-6H2;2*1H/t7-;;/m0../s1. The lowest BCUT2D eigenvalue weighted by molar-refractivity contribution is -0.183. The van der Waals surface area contributed by atoms with Crippen LogP contribution in [0.3, 0.4) is 0 Å². The maximum atomic E-state index is 12.5. The third-order valence-corrected chi connectivity index (χ3v) is 2.25. The van der Waals surface area contributed by atoms with Crippen molar-refractivity contribution in [2.45, 2.75) is 18.6 Å². The van der Waals surface area contributed by atoms with Gasteiger partial charge in [0.25, 0.3) is 0 Å². The zero-order valence-corrected chi connectivity index (χ0v) is 10.1. The largest absolute Gasteiger partial charge is 0.405 e. The van der Waals surface area contributed by atoms with Crippen molar-refractivity contribution in [2.75, 3.05) is 26.2 Å². The summed E-state index contributed by atoms with van der Waals surface area (Å²) >= 11 is 0. The molecule has 0 aromatic rings. The Morgan fingerprint density at radius 3 is 2.12 bits per heavy atom. The maximum Gasteiger partial charge on any atom is 0.405 e. The van der Waals surface area contributed by atoms with Gasteiger partial charge in [-0.15, -0.1) is 24.8 Å². The molecule has 96 valence electrons. The summed E-state index contributed by atoms with van der Waals surface area (Å²) in [5, 5.41) is 11.3. The molecule has 0 bridgehead atoms. The van der Waals surface area contributed by atoms with Gasteiger partial charge in [-0.05, 0) is 0 Å². The summed E-state index contributed by atoms with van der Waals surface area (Å²) in [4.78, 5) is 1.32. The van der Waals surface area contributed by atoms with Crippen molar-refractivity contribution in [3.05, 3.63) is 0 Å². The Labute approximate surface area is 105 Å². The van der Waals surface area contributed by atoms with E-state index in [1.54, 1.807) is 6.07 Å². The summed E-state index contributed by atoms with van der Waals surface area (Å²) in [5.74, 6) is 0. The Morgan fingerprint density at radius 1 is 1.25 bits per heavy atom. The normalized spacial score (nSPS) is 18.9. The van der Waals surface area contributed by atoms with Crippen LogP contribution in [0.2, 0.25) is 0 Å². The molecule has 0 amide bonds. The molecule has 16 heavy (non-hydrogen) atoms. The van der Waals surface area contributed by atoms with E-state index in [4.69, 9.17) is 5.26 Å². The van der Waals surface area contributed by atoms with Crippen molar-refractivity contribution in [1.29, 1.82) is 5.26 Å². The van der Waals surface area contributed by atoms with Gasteiger partial charge < -0.3 is 5.32 Å². The average Bonchev–Trinajstić information content (AvgIpc) is 2.14. The van der Waals surface area contributed by atoms with Crippen LogP contribution >= 0.6 is 24.8 Å². The monoisotopic (exact) mass is 279 g/mol. The van der Waals surface area contributed by atoms with Gasteiger partial charge >= 0.3 is 6.18 Å². The Kier molecular flexibility index (Phi) is 9.03. The second kappa shape index (κ2) is 7.96. The molecule has 1 aliphatic rings. The van der Waals surface area contributed by atoms with Gasteiger partial charge in [-0.1, -0.05) is 0 Å². The van der Waals surface area contributed by atoms with Gasteiger partial charge in [-0.3, -0.25) is 4.90 Å². The second-order valence-electron chi connectivity index (χ2n) is 3.21. The topological polar surface area (TPSA) is 39.1 Å². The fraction of sp³-hybridized carbons (Fsp3) is 0.875. The highest BCUT2D eigenvalue weighted by Crippen LogP contribution is 2.27. The first-order chi connectivity index (χ1) is 6.55. The van der Waals surface area contributed by atoms with Crippen molar-refractivity contribution < 1.29 is 13.2 Å². The molecular formula is C8H14Cl2F3N3. The van der Waals surface area contributed by atoms with Crippen molar-refractivity contribution in [1.82, 2.24) is 10.2 Å². The molecule has 3 nitrogen and oxygen atoms in total. The molecule has 1 heterocycles. The maximum absolute atomic E-state index is 12.5. The number of rotatable bonds is 2. The zero-order valence-electron chi connectivity index (χ0n) is 8.46. The molecule has 1 fully saturated rings. The van der Waals surface area contributed by atoms with Crippen LogP contribution in [0, 0.1) is 11.3 Å². The molecule has 0 unspecified atom stereocenters. The summed E-state index contributed by atoms with van der Waals surface area (Å²) < 4.78 is 37.4. The Hall–Kier alpha value is -0.220. The first-order valence-electron chi connectivity index (χ1n) is 4.44. The average molecular weight is 280 g/mol. The van der Waals surface area contributed by atoms with Crippen molar-refractivity contribution >= 4 is 24.8 Å². The molecule has 0 saturated carbocycles. The molecule has 0 aromatic heterocycles. The number of nitrogens with one attached hydrogen (secondary N) is 1. The lowest BCUT2D eigenvalue weighted by Gasteiger charge is -2.34. The molecule has 1 rings (SSSR count). The minimum atomic E-state index is -4.30. The van der Waals surface area contributed by atoms with E-state index in [0.717, 1.165) is 0 Å². The zero-order chi connectivity index (χ0) is 10.6. The third-order valence-electron chi connectivity index (χ3n) is 2.25. The first-order valence-corrected chi connectivity index (χ1v) is 4.44. The molecule has 8 heteroatoms.